The standard InChI is InChI=1S/C26H31N7O3S2/c1-31(2)38(34,35)23-8-6-5-7-20(23)27-25-24-21(11-16-37-24)29-26(30-25)28-19-10-9-18(17-22(19)36-4)33-14-12-32(3)13-15-33/h5-11,16-17H,12-15H2,1-4H3,(H2,27,28,29,30). The lowest BCUT2D eigenvalue weighted by molar-refractivity contribution is 0.312. The van der Waals surface area contributed by atoms with Gasteiger partial charge >= 0.3 is 0 Å². The van der Waals surface area contributed by atoms with Crippen molar-refractivity contribution in [2.24, 2.45) is 0 Å². The highest BCUT2D eigenvalue weighted by Crippen LogP contribution is 2.35. The number of thiophene rings is 1. The number of ether oxygens (including phenoxy) is 1. The first-order valence-corrected chi connectivity index (χ1v) is 14.5. The van der Waals surface area contributed by atoms with Crippen molar-refractivity contribution >= 4 is 60.4 Å². The average molecular weight is 554 g/mol. The van der Waals surface area contributed by atoms with E-state index in [9.17, 15) is 8.42 Å². The highest BCUT2D eigenvalue weighted by Gasteiger charge is 2.22. The average Bonchev–Trinajstić information content (AvgIpc) is 3.39. The maximum atomic E-state index is 12.9. The molecule has 0 amide bonds. The van der Waals surface area contributed by atoms with Gasteiger partial charge < -0.3 is 25.2 Å². The largest absolute Gasteiger partial charge is 0.494 e. The number of para-hydroxylation sites is 1. The molecule has 0 bridgehead atoms. The molecule has 4 aromatic rings. The number of piperazine rings is 1. The van der Waals surface area contributed by atoms with Gasteiger partial charge in [-0.3, -0.25) is 0 Å². The van der Waals surface area contributed by atoms with Crippen molar-refractivity contribution in [3.63, 3.8) is 0 Å². The minimum atomic E-state index is -3.66. The summed E-state index contributed by atoms with van der Waals surface area (Å²) < 4.78 is 33.6. The number of sulfonamides is 1. The zero-order valence-electron chi connectivity index (χ0n) is 21.8. The van der Waals surface area contributed by atoms with Crippen LogP contribution in [0.3, 0.4) is 0 Å². The molecular formula is C26H31N7O3S2. The number of aromatic nitrogens is 2. The molecule has 0 spiro atoms. The van der Waals surface area contributed by atoms with E-state index in [2.05, 4.69) is 38.5 Å². The van der Waals surface area contributed by atoms with E-state index in [1.54, 1.807) is 31.4 Å². The zero-order chi connectivity index (χ0) is 26.9. The second kappa shape index (κ2) is 10.7. The summed E-state index contributed by atoms with van der Waals surface area (Å²) in [4.78, 5) is 14.2. The van der Waals surface area contributed by atoms with Crippen molar-refractivity contribution in [1.29, 1.82) is 0 Å². The molecule has 2 aromatic carbocycles. The van der Waals surface area contributed by atoms with E-state index < -0.39 is 10.0 Å². The fourth-order valence-electron chi connectivity index (χ4n) is 4.29. The molecule has 2 aromatic heterocycles. The highest BCUT2D eigenvalue weighted by atomic mass is 32.2. The Bertz CT molecular complexity index is 1550. The molecule has 38 heavy (non-hydrogen) atoms. The van der Waals surface area contributed by atoms with E-state index in [4.69, 9.17) is 9.72 Å². The van der Waals surface area contributed by atoms with E-state index in [-0.39, 0.29) is 4.90 Å². The Hall–Kier alpha value is -3.45. The summed E-state index contributed by atoms with van der Waals surface area (Å²) >= 11 is 1.48. The lowest BCUT2D eigenvalue weighted by Crippen LogP contribution is -2.44. The van der Waals surface area contributed by atoms with Gasteiger partial charge in [-0.05, 0) is 42.8 Å². The van der Waals surface area contributed by atoms with Gasteiger partial charge in [0.2, 0.25) is 16.0 Å². The monoisotopic (exact) mass is 553 g/mol. The maximum absolute atomic E-state index is 12.9. The van der Waals surface area contributed by atoms with Gasteiger partial charge in [-0.1, -0.05) is 12.1 Å². The van der Waals surface area contributed by atoms with Crippen molar-refractivity contribution in [3.8, 4) is 5.75 Å². The lowest BCUT2D eigenvalue weighted by atomic mass is 10.2. The number of methoxy groups -OCH3 is 1. The smallest absolute Gasteiger partial charge is 0.244 e. The van der Waals surface area contributed by atoms with Crippen molar-refractivity contribution in [1.82, 2.24) is 19.2 Å². The van der Waals surface area contributed by atoms with Crippen molar-refractivity contribution < 1.29 is 13.2 Å². The van der Waals surface area contributed by atoms with Crippen LogP contribution in [0.15, 0.2) is 58.8 Å². The van der Waals surface area contributed by atoms with Gasteiger partial charge in [0.25, 0.3) is 0 Å². The normalized spacial score (nSPS) is 14.7. The first-order valence-electron chi connectivity index (χ1n) is 12.2. The van der Waals surface area contributed by atoms with Crippen LogP contribution in [0.25, 0.3) is 10.2 Å². The Kier molecular flexibility index (Phi) is 7.39. The molecule has 1 aliphatic heterocycles. The Morgan fingerprint density at radius 2 is 1.74 bits per heavy atom. The number of nitrogens with one attached hydrogen (secondary N) is 2. The Labute approximate surface area is 226 Å². The number of likely N-dealkylation sites (N-methyl/N-ethyl adjacent to an activating group) is 1. The number of fused-ring (bicyclic) bond motifs is 1. The molecule has 0 aliphatic carbocycles. The molecule has 5 rings (SSSR count). The molecule has 1 aliphatic rings. The summed E-state index contributed by atoms with van der Waals surface area (Å²) in [7, 11) is 3.15. The Morgan fingerprint density at radius 1 is 0.974 bits per heavy atom. The first kappa shape index (κ1) is 26.2. The second-order valence-electron chi connectivity index (χ2n) is 9.24. The molecule has 2 N–H and O–H groups in total. The summed E-state index contributed by atoms with van der Waals surface area (Å²) in [5.41, 5.74) is 3.03. The minimum Gasteiger partial charge on any atom is -0.494 e. The number of rotatable bonds is 8. The molecular weight excluding hydrogens is 522 g/mol. The van der Waals surface area contributed by atoms with Crippen molar-refractivity contribution in [2.75, 3.05) is 70.0 Å². The van der Waals surface area contributed by atoms with Crippen LogP contribution in [0, 0.1) is 0 Å². The van der Waals surface area contributed by atoms with Gasteiger partial charge in [0.05, 0.1) is 28.7 Å². The Balaban J connectivity index is 1.46. The predicted molar refractivity (Wildman–Crippen MR) is 154 cm³/mol. The summed E-state index contributed by atoms with van der Waals surface area (Å²) in [6.07, 6.45) is 0. The van der Waals surface area contributed by atoms with Crippen LogP contribution in [-0.2, 0) is 10.0 Å². The number of benzene rings is 2. The third-order valence-electron chi connectivity index (χ3n) is 6.50. The predicted octanol–water partition coefficient (Wildman–Crippen LogP) is 4.19. The van der Waals surface area contributed by atoms with Crippen LogP contribution in [-0.4, -0.2) is 82.0 Å². The number of nitrogens with zero attached hydrogens (tertiary/aromatic N) is 5. The van der Waals surface area contributed by atoms with E-state index in [1.165, 1.54) is 29.7 Å². The SMILES string of the molecule is COc1cc(N2CCN(C)CC2)ccc1Nc1nc(Nc2ccccc2S(=O)(=O)N(C)C)c2sccc2n1. The van der Waals surface area contributed by atoms with Crippen LogP contribution in [0.5, 0.6) is 5.75 Å². The fraction of sp³-hybridized carbons (Fsp3) is 0.308. The lowest BCUT2D eigenvalue weighted by Gasteiger charge is -2.34. The molecule has 0 unspecified atom stereocenters. The van der Waals surface area contributed by atoms with Gasteiger partial charge in [0, 0.05) is 52.0 Å². The molecule has 200 valence electrons. The van der Waals surface area contributed by atoms with Crippen molar-refractivity contribution in [3.05, 3.63) is 53.9 Å². The topological polar surface area (TPSA) is 103 Å². The van der Waals surface area contributed by atoms with Gasteiger partial charge in [-0.25, -0.2) is 17.7 Å². The van der Waals surface area contributed by atoms with Gasteiger partial charge in [0.1, 0.15) is 10.6 Å². The van der Waals surface area contributed by atoms with Crippen LogP contribution in [0.2, 0.25) is 0 Å². The van der Waals surface area contributed by atoms with E-state index >= 15 is 0 Å². The van der Waals surface area contributed by atoms with Crippen LogP contribution >= 0.6 is 11.3 Å². The molecule has 10 nitrogen and oxygen atoms in total. The number of anilines is 5. The Morgan fingerprint density at radius 3 is 2.47 bits per heavy atom. The van der Waals surface area contributed by atoms with E-state index in [1.807, 2.05) is 23.6 Å². The first-order chi connectivity index (χ1) is 18.3. The van der Waals surface area contributed by atoms with E-state index in [0.29, 0.717) is 23.2 Å². The summed E-state index contributed by atoms with van der Waals surface area (Å²) in [5, 5.41) is 8.47. The van der Waals surface area contributed by atoms with Crippen LogP contribution < -0.4 is 20.3 Å². The third-order valence-corrected chi connectivity index (χ3v) is 9.29. The maximum Gasteiger partial charge on any atom is 0.244 e. The van der Waals surface area contributed by atoms with Crippen molar-refractivity contribution in [2.45, 2.75) is 4.90 Å². The minimum absolute atomic E-state index is 0.170. The van der Waals surface area contributed by atoms with E-state index in [0.717, 1.165) is 47.8 Å². The van der Waals surface area contributed by atoms with Gasteiger partial charge in [0.15, 0.2) is 5.82 Å². The highest BCUT2D eigenvalue weighted by molar-refractivity contribution is 7.89. The summed E-state index contributed by atoms with van der Waals surface area (Å²) in [6, 6.07) is 14.8. The molecule has 1 saturated heterocycles. The molecule has 12 heteroatoms. The van der Waals surface area contributed by atoms with Gasteiger partial charge in [-0.15, -0.1) is 11.3 Å². The fourth-order valence-corrected chi connectivity index (χ4v) is 6.10. The summed E-state index contributed by atoms with van der Waals surface area (Å²) in [6.45, 7) is 3.96. The number of hydrogen-bond acceptors (Lipinski definition) is 10. The van der Waals surface area contributed by atoms with Gasteiger partial charge in [-0.2, -0.15) is 4.98 Å². The number of hydrogen-bond donors (Lipinski definition) is 2. The molecule has 3 heterocycles. The zero-order valence-corrected chi connectivity index (χ0v) is 23.4. The molecule has 0 atom stereocenters. The molecule has 0 radical (unpaired) electrons. The molecule has 0 saturated carbocycles. The second-order valence-corrected chi connectivity index (χ2v) is 12.3. The quantitative estimate of drug-likeness (QED) is 0.332. The van der Waals surface area contributed by atoms with Crippen LogP contribution in [0.4, 0.5) is 28.8 Å². The summed E-state index contributed by atoms with van der Waals surface area (Å²) in [5.74, 6) is 1.58. The third kappa shape index (κ3) is 5.25. The van der Waals surface area contributed by atoms with Crippen LogP contribution in [0.1, 0.15) is 0 Å². The molecule has 1 fully saturated rings.